The molecule has 4 nitrogen and oxygen atoms in total. The van der Waals surface area contributed by atoms with E-state index in [-0.39, 0.29) is 47.4 Å². The number of hydrogen-bond donors (Lipinski definition) is 0. The second kappa shape index (κ2) is 3.69. The van der Waals surface area contributed by atoms with E-state index in [1.807, 2.05) is 0 Å². The van der Waals surface area contributed by atoms with Gasteiger partial charge in [0, 0.05) is 0 Å². The van der Waals surface area contributed by atoms with E-state index in [0.717, 1.165) is 25.7 Å². The number of hydrogen-bond acceptors (Lipinski definition) is 3. The zero-order valence-corrected chi connectivity index (χ0v) is 10.7. The first-order valence-electron chi connectivity index (χ1n) is 7.17. The maximum absolute atomic E-state index is 12.6. The maximum Gasteiger partial charge on any atom is 0.234 e. The lowest BCUT2D eigenvalue weighted by Gasteiger charge is -2.26. The molecule has 19 heavy (non-hydrogen) atoms. The van der Waals surface area contributed by atoms with Gasteiger partial charge >= 0.3 is 0 Å². The van der Waals surface area contributed by atoms with Crippen LogP contribution in [0.4, 0.5) is 0 Å². The fourth-order valence-electron chi connectivity index (χ4n) is 4.65. The predicted octanol–water partition coefficient (Wildman–Crippen LogP) is 1.49. The van der Waals surface area contributed by atoms with Gasteiger partial charge in [-0.3, -0.25) is 14.5 Å². The van der Waals surface area contributed by atoms with Crippen LogP contribution in [0.5, 0.6) is 0 Å². The molecule has 1 heterocycles. The van der Waals surface area contributed by atoms with Crippen LogP contribution >= 0.6 is 0 Å². The molecular weight excluding hydrogens is 240 g/mol. The van der Waals surface area contributed by atoms with Crippen LogP contribution in [0, 0.1) is 40.9 Å². The number of amides is 2. The summed E-state index contributed by atoms with van der Waals surface area (Å²) in [7, 11) is 0. The van der Waals surface area contributed by atoms with Crippen molar-refractivity contribution in [1.29, 1.82) is 5.26 Å². The summed E-state index contributed by atoms with van der Waals surface area (Å²) < 4.78 is 0. The number of allylic oxidation sites excluding steroid dienone is 2. The lowest BCUT2D eigenvalue weighted by Crippen LogP contribution is -2.43. The summed E-state index contributed by atoms with van der Waals surface area (Å²) >= 11 is 0. The summed E-state index contributed by atoms with van der Waals surface area (Å²) in [5.41, 5.74) is 0. The average Bonchev–Trinajstić information content (AvgIpc) is 3.14. The lowest BCUT2D eigenvalue weighted by atomic mass is 9.85. The van der Waals surface area contributed by atoms with Gasteiger partial charge in [0.1, 0.15) is 0 Å². The molecule has 2 amide bonds. The van der Waals surface area contributed by atoms with E-state index in [4.69, 9.17) is 0 Å². The monoisotopic (exact) mass is 256 g/mol. The molecule has 2 bridgehead atoms. The molecule has 4 rings (SSSR count). The minimum atomic E-state index is -0.157. The van der Waals surface area contributed by atoms with Crippen molar-refractivity contribution in [1.82, 2.24) is 4.90 Å². The predicted molar refractivity (Wildman–Crippen MR) is 66.3 cm³/mol. The molecule has 6 unspecified atom stereocenters. The topological polar surface area (TPSA) is 61.2 Å². The summed E-state index contributed by atoms with van der Waals surface area (Å²) in [6, 6.07) is 2.12. The zero-order chi connectivity index (χ0) is 13.1. The van der Waals surface area contributed by atoms with E-state index in [0.29, 0.717) is 0 Å². The first-order chi connectivity index (χ1) is 9.22. The molecule has 4 aliphatic rings. The van der Waals surface area contributed by atoms with Crippen molar-refractivity contribution >= 4 is 11.8 Å². The van der Waals surface area contributed by atoms with Crippen LogP contribution in [0.15, 0.2) is 12.2 Å². The van der Waals surface area contributed by atoms with Gasteiger partial charge in [0.2, 0.25) is 11.8 Å². The van der Waals surface area contributed by atoms with Crippen LogP contribution in [-0.4, -0.2) is 22.8 Å². The van der Waals surface area contributed by atoms with Gasteiger partial charge in [-0.05, 0) is 37.5 Å². The molecule has 2 saturated carbocycles. The van der Waals surface area contributed by atoms with Gasteiger partial charge in [-0.1, -0.05) is 12.2 Å². The van der Waals surface area contributed by atoms with E-state index in [2.05, 4.69) is 18.2 Å². The zero-order valence-electron chi connectivity index (χ0n) is 10.7. The molecule has 98 valence electrons. The Hall–Kier alpha value is -1.63. The van der Waals surface area contributed by atoms with Crippen molar-refractivity contribution in [2.24, 2.45) is 29.6 Å². The quantitative estimate of drug-likeness (QED) is 0.527. The molecule has 6 atom stereocenters. The first kappa shape index (κ1) is 11.2. The van der Waals surface area contributed by atoms with Gasteiger partial charge in [-0.25, -0.2) is 0 Å². The van der Waals surface area contributed by atoms with Gasteiger partial charge in [-0.2, -0.15) is 5.26 Å². The minimum absolute atomic E-state index is 0.000926. The number of carbonyl (C=O) groups excluding carboxylic acids is 2. The molecule has 0 aromatic heterocycles. The largest absolute Gasteiger partial charge is 0.278 e. The number of rotatable bonds is 1. The Morgan fingerprint density at radius 2 is 1.74 bits per heavy atom. The molecule has 0 radical (unpaired) electrons. The van der Waals surface area contributed by atoms with E-state index < -0.39 is 0 Å². The smallest absolute Gasteiger partial charge is 0.234 e. The Kier molecular flexibility index (Phi) is 2.18. The highest BCUT2D eigenvalue weighted by atomic mass is 16.2. The van der Waals surface area contributed by atoms with Crippen molar-refractivity contribution < 1.29 is 9.59 Å². The fraction of sp³-hybridized carbons (Fsp3) is 0.667. The lowest BCUT2D eigenvalue weighted by molar-refractivity contribution is -0.143. The minimum Gasteiger partial charge on any atom is -0.278 e. The Balaban J connectivity index is 1.68. The normalized spacial score (nSPS) is 47.0. The van der Waals surface area contributed by atoms with Crippen molar-refractivity contribution in [3.05, 3.63) is 12.2 Å². The summed E-state index contributed by atoms with van der Waals surface area (Å²) in [6.07, 6.45) is 7.75. The number of nitrogens with zero attached hydrogens (tertiary/aromatic N) is 2. The molecule has 0 N–H and O–H groups in total. The van der Waals surface area contributed by atoms with Crippen molar-refractivity contribution in [2.75, 3.05) is 0 Å². The van der Waals surface area contributed by atoms with E-state index in [9.17, 15) is 14.9 Å². The van der Waals surface area contributed by atoms with Gasteiger partial charge in [0.15, 0.2) is 0 Å². The summed E-state index contributed by atoms with van der Waals surface area (Å²) in [6.45, 7) is 0. The van der Waals surface area contributed by atoms with Crippen molar-refractivity contribution in [3.8, 4) is 6.07 Å². The summed E-state index contributed by atoms with van der Waals surface area (Å²) in [4.78, 5) is 26.7. The van der Waals surface area contributed by atoms with Crippen LogP contribution in [0.2, 0.25) is 0 Å². The van der Waals surface area contributed by atoms with Gasteiger partial charge in [-0.15, -0.1) is 0 Å². The van der Waals surface area contributed by atoms with E-state index >= 15 is 0 Å². The number of imide groups is 1. The molecule has 0 aromatic carbocycles. The Bertz CT molecular complexity index is 503. The molecule has 3 fully saturated rings. The van der Waals surface area contributed by atoms with Crippen LogP contribution in [0.1, 0.15) is 25.7 Å². The molecule has 3 aliphatic carbocycles. The Morgan fingerprint density at radius 3 is 2.32 bits per heavy atom. The van der Waals surface area contributed by atoms with Crippen LogP contribution < -0.4 is 0 Å². The van der Waals surface area contributed by atoms with Crippen LogP contribution in [0.25, 0.3) is 0 Å². The third-order valence-electron chi connectivity index (χ3n) is 5.48. The highest BCUT2D eigenvalue weighted by Crippen LogP contribution is 2.53. The fourth-order valence-corrected chi connectivity index (χ4v) is 4.65. The standard InChI is InChI=1S/C15H16N2O2/c16-7-10-2-1-3-11(10)17-14(18)12-8-4-5-9(6-8)13(12)15(17)19/h4-5,8-13H,1-3,6H2. The second-order valence-electron chi connectivity index (χ2n) is 6.28. The van der Waals surface area contributed by atoms with Crippen LogP contribution in [-0.2, 0) is 9.59 Å². The van der Waals surface area contributed by atoms with Crippen LogP contribution in [0.3, 0.4) is 0 Å². The third kappa shape index (κ3) is 1.28. The maximum atomic E-state index is 12.6. The number of carbonyl (C=O) groups is 2. The summed E-state index contributed by atoms with van der Waals surface area (Å²) in [5, 5.41) is 9.18. The molecule has 1 saturated heterocycles. The molecule has 1 aliphatic heterocycles. The average molecular weight is 256 g/mol. The molecular formula is C15H16N2O2. The van der Waals surface area contributed by atoms with Crippen molar-refractivity contribution in [3.63, 3.8) is 0 Å². The number of nitriles is 1. The number of likely N-dealkylation sites (tertiary alicyclic amines) is 1. The molecule has 4 heteroatoms. The van der Waals surface area contributed by atoms with Gasteiger partial charge < -0.3 is 0 Å². The first-order valence-corrected chi connectivity index (χ1v) is 7.17. The molecule has 0 aromatic rings. The van der Waals surface area contributed by atoms with Crippen molar-refractivity contribution in [2.45, 2.75) is 31.7 Å². The second-order valence-corrected chi connectivity index (χ2v) is 6.28. The van der Waals surface area contributed by atoms with E-state index in [1.54, 1.807) is 0 Å². The Morgan fingerprint density at radius 1 is 1.11 bits per heavy atom. The van der Waals surface area contributed by atoms with Gasteiger partial charge in [0.25, 0.3) is 0 Å². The number of fused-ring (bicyclic) bond motifs is 5. The third-order valence-corrected chi connectivity index (χ3v) is 5.48. The van der Waals surface area contributed by atoms with E-state index in [1.165, 1.54) is 4.90 Å². The highest BCUT2D eigenvalue weighted by molar-refractivity contribution is 6.06. The highest BCUT2D eigenvalue weighted by Gasteiger charge is 2.61. The molecule has 0 spiro atoms. The summed E-state index contributed by atoms with van der Waals surface area (Å²) in [5.74, 6) is 0.122. The SMILES string of the molecule is N#CC1CCCC1N1C(=O)C2C3C=CC(C3)C2C1=O. The van der Waals surface area contributed by atoms with Gasteiger partial charge in [0.05, 0.1) is 29.9 Å². The Labute approximate surface area is 112 Å².